The van der Waals surface area contributed by atoms with Crippen LogP contribution in [0.1, 0.15) is 6.42 Å². The Labute approximate surface area is 62.3 Å². The van der Waals surface area contributed by atoms with Crippen molar-refractivity contribution in [2.75, 3.05) is 0 Å². The van der Waals surface area contributed by atoms with E-state index in [-0.39, 0.29) is 11.7 Å². The Morgan fingerprint density at radius 2 is 1.82 bits per heavy atom. The van der Waals surface area contributed by atoms with Gasteiger partial charge in [0.25, 0.3) is 0 Å². The zero-order valence-electron chi connectivity index (χ0n) is 5.25. The van der Waals surface area contributed by atoms with Gasteiger partial charge in [-0.2, -0.15) is 0 Å². The van der Waals surface area contributed by atoms with Crippen LogP contribution in [0.15, 0.2) is 11.4 Å². The highest BCUT2D eigenvalue weighted by Crippen LogP contribution is 2.66. The number of hydrogen-bond donors (Lipinski definition) is 3. The maximum Gasteiger partial charge on any atom is 0.477 e. The molecule has 0 radical (unpaired) electrons. The van der Waals surface area contributed by atoms with E-state index in [1.807, 2.05) is 0 Å². The highest BCUT2D eigenvalue weighted by Gasteiger charge is 2.37. The van der Waals surface area contributed by atoms with E-state index in [1.165, 1.54) is 6.08 Å². The largest absolute Gasteiger partial charge is 0.477 e. The molecule has 6 nitrogen and oxygen atoms in total. The van der Waals surface area contributed by atoms with Crippen molar-refractivity contribution in [1.29, 1.82) is 0 Å². The highest BCUT2D eigenvalue weighted by molar-refractivity contribution is 7.66. The van der Waals surface area contributed by atoms with Gasteiger partial charge in [0.2, 0.25) is 0 Å². The molecule has 0 aromatic heterocycles. The topological polar surface area (TPSA) is 104 Å². The van der Waals surface area contributed by atoms with E-state index in [2.05, 4.69) is 4.31 Å². The zero-order valence-corrected chi connectivity index (χ0v) is 7.03. The molecule has 0 saturated heterocycles. The van der Waals surface area contributed by atoms with Gasteiger partial charge >= 0.3 is 15.4 Å². The van der Waals surface area contributed by atoms with Gasteiger partial charge < -0.3 is 14.7 Å². The van der Waals surface area contributed by atoms with Crippen LogP contribution in [-0.4, -0.2) is 14.7 Å². The third kappa shape index (κ3) is 2.87. The molecule has 0 saturated carbocycles. The monoisotopic (exact) mass is 200 g/mol. The number of hydrogen-bond acceptors (Lipinski definition) is 3. The lowest BCUT2D eigenvalue weighted by atomic mass is 10.9. The molecule has 0 fully saturated rings. The van der Waals surface area contributed by atoms with Crippen LogP contribution in [-0.2, 0) is 13.4 Å². The Morgan fingerprint density at radius 1 is 1.36 bits per heavy atom. The zero-order chi connectivity index (χ0) is 8.70. The fourth-order valence-corrected chi connectivity index (χ4v) is 2.60. The van der Waals surface area contributed by atoms with Gasteiger partial charge in [0, 0.05) is 5.31 Å². The van der Waals surface area contributed by atoms with Gasteiger partial charge in [-0.05, 0) is 6.42 Å². The fraction of sp³-hybridized carbons (Fsp3) is 0.333. The number of allylic oxidation sites excluding steroid dienone is 2. The molecule has 1 rings (SSSR count). The molecule has 11 heavy (non-hydrogen) atoms. The van der Waals surface area contributed by atoms with Crippen LogP contribution in [0.3, 0.4) is 0 Å². The van der Waals surface area contributed by atoms with Gasteiger partial charge in [-0.1, -0.05) is 6.08 Å². The minimum absolute atomic E-state index is 0.0563. The van der Waals surface area contributed by atoms with E-state index in [1.54, 1.807) is 0 Å². The lowest BCUT2D eigenvalue weighted by molar-refractivity contribution is 0.266. The molecule has 1 aliphatic carbocycles. The smallest absolute Gasteiger partial charge is 0.321 e. The van der Waals surface area contributed by atoms with E-state index in [0.717, 1.165) is 0 Å². The fourth-order valence-electron chi connectivity index (χ4n) is 0.473. The second-order valence-corrected chi connectivity index (χ2v) is 5.24. The van der Waals surface area contributed by atoms with Crippen LogP contribution in [0, 0.1) is 0 Å². The van der Waals surface area contributed by atoms with Gasteiger partial charge in [0.05, 0.1) is 0 Å². The Kier molecular flexibility index (Phi) is 2.09. The first-order valence-electron chi connectivity index (χ1n) is 2.60. The molecule has 3 N–H and O–H groups in total. The summed E-state index contributed by atoms with van der Waals surface area (Å²) in [6.07, 6.45) is 1.66. The van der Waals surface area contributed by atoms with Crippen LogP contribution in [0.2, 0.25) is 0 Å². The average Bonchev–Trinajstić information content (AvgIpc) is 2.30. The predicted molar refractivity (Wildman–Crippen MR) is 35.7 cm³/mol. The Bertz CT molecular complexity index is 286. The van der Waals surface area contributed by atoms with Gasteiger partial charge in [0.1, 0.15) is 0 Å². The van der Waals surface area contributed by atoms with Crippen LogP contribution in [0.25, 0.3) is 0 Å². The van der Waals surface area contributed by atoms with Crippen molar-refractivity contribution in [3.8, 4) is 0 Å². The summed E-state index contributed by atoms with van der Waals surface area (Å²) in [7, 11) is -9.03. The van der Waals surface area contributed by atoms with Crippen LogP contribution < -0.4 is 0 Å². The second kappa shape index (κ2) is 2.52. The summed E-state index contributed by atoms with van der Waals surface area (Å²) in [6, 6.07) is 0. The minimum Gasteiger partial charge on any atom is -0.321 e. The predicted octanol–water partition coefficient (Wildman–Crippen LogP) is 0.569. The molecule has 0 bridgehead atoms. The Morgan fingerprint density at radius 3 is 2.09 bits per heavy atom. The number of rotatable bonds is 3. The highest BCUT2D eigenvalue weighted by atomic mass is 31.3. The SMILES string of the molecule is O=P(O)(O)OP(=O)(O)C1=CC1. The van der Waals surface area contributed by atoms with E-state index < -0.39 is 15.4 Å². The summed E-state index contributed by atoms with van der Waals surface area (Å²) in [6.45, 7) is 0. The van der Waals surface area contributed by atoms with Gasteiger partial charge in [-0.25, -0.2) is 8.88 Å². The van der Waals surface area contributed by atoms with Crippen LogP contribution in [0.4, 0.5) is 0 Å². The van der Waals surface area contributed by atoms with E-state index in [4.69, 9.17) is 14.7 Å². The maximum atomic E-state index is 10.8. The van der Waals surface area contributed by atoms with Crippen molar-refractivity contribution < 1.29 is 28.1 Å². The molecule has 0 aromatic rings. The maximum absolute atomic E-state index is 10.8. The first-order chi connectivity index (χ1) is 4.81. The lowest BCUT2D eigenvalue weighted by Gasteiger charge is -2.08. The van der Waals surface area contributed by atoms with E-state index >= 15 is 0 Å². The summed E-state index contributed by atoms with van der Waals surface area (Å²) in [4.78, 5) is 25.1. The molecular formula is C3H6O6P2. The summed E-state index contributed by atoms with van der Waals surface area (Å²) in [5.74, 6) is 0. The molecule has 8 heteroatoms. The second-order valence-electron chi connectivity index (χ2n) is 1.99. The molecule has 1 unspecified atom stereocenters. The lowest BCUT2D eigenvalue weighted by Crippen LogP contribution is -1.85. The van der Waals surface area contributed by atoms with Crippen molar-refractivity contribution in [2.24, 2.45) is 0 Å². The summed E-state index contributed by atoms with van der Waals surface area (Å²) < 4.78 is 24.5. The molecule has 0 spiro atoms. The molecule has 1 aliphatic rings. The molecule has 0 amide bonds. The molecule has 64 valence electrons. The number of phosphoric acid groups is 1. The Hall–Kier alpha value is 0.0400. The van der Waals surface area contributed by atoms with Crippen molar-refractivity contribution in [1.82, 2.24) is 0 Å². The van der Waals surface area contributed by atoms with Gasteiger partial charge in [0.15, 0.2) is 0 Å². The van der Waals surface area contributed by atoms with Gasteiger partial charge in [-0.15, -0.1) is 0 Å². The van der Waals surface area contributed by atoms with E-state index in [0.29, 0.717) is 0 Å². The quantitative estimate of drug-likeness (QED) is 0.575. The first-order valence-corrected chi connectivity index (χ1v) is 5.71. The molecule has 0 aliphatic heterocycles. The molecule has 0 heterocycles. The first kappa shape index (κ1) is 9.13. The van der Waals surface area contributed by atoms with Gasteiger partial charge in [-0.3, -0.25) is 4.57 Å². The van der Waals surface area contributed by atoms with Crippen molar-refractivity contribution in [3.63, 3.8) is 0 Å². The average molecular weight is 200 g/mol. The summed E-state index contributed by atoms with van der Waals surface area (Å²) >= 11 is 0. The summed E-state index contributed by atoms with van der Waals surface area (Å²) in [5.41, 5.74) is 0. The van der Waals surface area contributed by atoms with Crippen molar-refractivity contribution in [2.45, 2.75) is 6.42 Å². The van der Waals surface area contributed by atoms with Crippen molar-refractivity contribution in [3.05, 3.63) is 11.4 Å². The van der Waals surface area contributed by atoms with E-state index in [9.17, 15) is 9.13 Å². The van der Waals surface area contributed by atoms with Crippen LogP contribution >= 0.6 is 15.4 Å². The third-order valence-electron chi connectivity index (χ3n) is 0.967. The molecule has 0 aromatic carbocycles. The third-order valence-corrected chi connectivity index (χ3v) is 3.79. The molecule has 1 atom stereocenters. The normalized spacial score (nSPS) is 22.3. The minimum atomic E-state index is -4.86. The summed E-state index contributed by atoms with van der Waals surface area (Å²) in [5, 5.41) is 0.0563. The van der Waals surface area contributed by atoms with Crippen molar-refractivity contribution >= 4 is 15.4 Å². The standard InChI is InChI=1S/C3H6O6P2/c4-10(5,3-1-2-3)9-11(6,7)8/h1H,2H2,(H,4,5)(H2,6,7,8). The van der Waals surface area contributed by atoms with Crippen LogP contribution in [0.5, 0.6) is 0 Å². The molecular weight excluding hydrogens is 194 g/mol. The Balaban J connectivity index is 2.68.